The second-order valence-electron chi connectivity index (χ2n) is 14.6. The van der Waals surface area contributed by atoms with Gasteiger partial charge in [-0.05, 0) is 86.3 Å². The van der Waals surface area contributed by atoms with Gasteiger partial charge in [-0.15, -0.1) is 0 Å². The third-order valence-electron chi connectivity index (χ3n) is 10.5. The van der Waals surface area contributed by atoms with Crippen molar-refractivity contribution in [1.29, 1.82) is 0 Å². The molecule has 2 aliphatic heterocycles. The molecule has 3 aliphatic carbocycles. The second-order valence-corrected chi connectivity index (χ2v) is 17.5. The predicted octanol–water partition coefficient (Wildman–Crippen LogP) is 4.65. The van der Waals surface area contributed by atoms with Crippen LogP contribution in [-0.2, 0) is 30.7 Å². The maximum absolute atomic E-state index is 14.3. The summed E-state index contributed by atoms with van der Waals surface area (Å²) in [6.45, 7) is 2.45. The third-order valence-corrected chi connectivity index (χ3v) is 13.2. The lowest BCUT2D eigenvalue weighted by atomic mass is 9.78. The Morgan fingerprint density at radius 1 is 1.19 bits per heavy atom. The van der Waals surface area contributed by atoms with Crippen LogP contribution in [0, 0.1) is 23.1 Å². The number of ether oxygens (including phenoxy) is 3. The summed E-state index contributed by atoms with van der Waals surface area (Å²) in [5.74, 6) is -0.0740. The van der Waals surface area contributed by atoms with E-state index in [1.54, 1.807) is 30.3 Å². The van der Waals surface area contributed by atoms with Crippen LogP contribution in [0.1, 0.15) is 51.0 Å². The number of hydrogen-bond acceptors (Lipinski definition) is 10. The van der Waals surface area contributed by atoms with E-state index >= 15 is 0 Å². The van der Waals surface area contributed by atoms with Crippen molar-refractivity contribution in [3.8, 4) is 0 Å². The number of hydrogen-bond donors (Lipinski definition) is 3. The van der Waals surface area contributed by atoms with Gasteiger partial charge < -0.3 is 30.0 Å². The molecule has 2 aromatic carbocycles. The summed E-state index contributed by atoms with van der Waals surface area (Å²) in [4.78, 5) is 18.2. The summed E-state index contributed by atoms with van der Waals surface area (Å²) in [7, 11) is -4.05. The number of anilines is 1. The highest BCUT2D eigenvalue weighted by Gasteiger charge is 2.54. The van der Waals surface area contributed by atoms with E-state index in [1.807, 2.05) is 6.92 Å². The van der Waals surface area contributed by atoms with Gasteiger partial charge in [0.05, 0.1) is 40.0 Å². The maximum Gasteiger partial charge on any atom is 0.407 e. The molecule has 5 fully saturated rings. The zero-order chi connectivity index (χ0) is 33.2. The Morgan fingerprint density at radius 2 is 1.98 bits per heavy atom. The average Bonchev–Trinajstić information content (AvgIpc) is 3.95. The number of amides is 1. The minimum Gasteiger partial charge on any atom is -0.443 e. The first-order valence-corrected chi connectivity index (χ1v) is 19.1. The minimum absolute atomic E-state index is 0.0232. The number of aromatic nitrogens is 1. The standard InChI is InChI=1S/C34H41FN4O7S2/c1-34(10-11-34)18-39(48(42,43)24-8-9-25-29(15-24)47-32(37-25)36-23-6-7-23)16-27(40)26(12-19-2-4-22(35)5-3-19)38-33(41)46-30-21-13-20-14-28(30)45-31(20)44-17-21/h2-5,8-9,15,20-21,23,26-28,30-31,40H,6-7,10-14,16-18H2,1H3,(H,36,37)(H,38,41)/t20?,21?,26-,27+,28?,30?,31?/m0/s1. The molecule has 2 saturated heterocycles. The van der Waals surface area contributed by atoms with E-state index in [-0.39, 0.29) is 48.1 Å². The van der Waals surface area contributed by atoms with Gasteiger partial charge in [-0.25, -0.2) is 22.6 Å². The number of nitrogens with zero attached hydrogens (tertiary/aromatic N) is 2. The quantitative estimate of drug-likeness (QED) is 0.233. The van der Waals surface area contributed by atoms with E-state index in [2.05, 4.69) is 15.6 Å². The van der Waals surface area contributed by atoms with Crippen molar-refractivity contribution in [2.45, 2.75) is 93.5 Å². The molecule has 8 rings (SSSR count). The van der Waals surface area contributed by atoms with Crippen LogP contribution in [-0.4, -0.2) is 85.3 Å². The van der Waals surface area contributed by atoms with Gasteiger partial charge in [-0.2, -0.15) is 4.31 Å². The molecule has 5 aliphatic rings. The van der Waals surface area contributed by atoms with Crippen molar-refractivity contribution in [3.05, 3.63) is 53.8 Å². The highest BCUT2D eigenvalue weighted by atomic mass is 32.2. The fourth-order valence-corrected chi connectivity index (χ4v) is 9.94. The number of aliphatic hydroxyl groups excluding tert-OH is 1. The summed E-state index contributed by atoms with van der Waals surface area (Å²) in [5, 5.41) is 18.7. The molecule has 0 spiro atoms. The van der Waals surface area contributed by atoms with E-state index in [9.17, 15) is 22.7 Å². The number of thiazole rings is 1. The molecule has 3 N–H and O–H groups in total. The number of carbonyl (C=O) groups excluding carboxylic acids is 1. The topological polar surface area (TPSA) is 139 Å². The molecule has 7 atom stereocenters. The SMILES string of the molecule is CC1(CN(C[C@@H](O)[C@H](Cc2ccc(F)cc2)NC(=O)OC2C3COC4OC2CC4C3)S(=O)(=O)c2ccc3nc(NC4CC4)sc3c2)CC1. The van der Waals surface area contributed by atoms with E-state index in [4.69, 9.17) is 14.2 Å². The zero-order valence-electron chi connectivity index (χ0n) is 26.7. The van der Waals surface area contributed by atoms with Gasteiger partial charge in [-0.1, -0.05) is 30.4 Å². The Kier molecular flexibility index (Phi) is 8.40. The first-order valence-electron chi connectivity index (χ1n) is 16.9. The lowest BCUT2D eigenvalue weighted by Crippen LogP contribution is -2.53. The van der Waals surface area contributed by atoms with Gasteiger partial charge in [0.2, 0.25) is 10.0 Å². The van der Waals surface area contributed by atoms with Gasteiger partial charge >= 0.3 is 6.09 Å². The molecular weight excluding hydrogens is 660 g/mol. The number of carbonyl (C=O) groups is 1. The molecule has 258 valence electrons. The summed E-state index contributed by atoms with van der Waals surface area (Å²) in [6.07, 6.45) is 2.70. The monoisotopic (exact) mass is 700 g/mol. The zero-order valence-corrected chi connectivity index (χ0v) is 28.3. The number of alkyl carbamates (subject to hydrolysis) is 1. The normalized spacial score (nSPS) is 28.4. The fourth-order valence-electron chi connectivity index (χ4n) is 7.25. The first-order chi connectivity index (χ1) is 23.0. The molecule has 1 amide bonds. The molecule has 3 bridgehead atoms. The van der Waals surface area contributed by atoms with Crippen LogP contribution in [0.15, 0.2) is 47.4 Å². The van der Waals surface area contributed by atoms with Crippen molar-refractivity contribution >= 4 is 42.8 Å². The number of nitrogens with one attached hydrogen (secondary N) is 2. The summed E-state index contributed by atoms with van der Waals surface area (Å²) in [6, 6.07) is 10.2. The Morgan fingerprint density at radius 3 is 2.73 bits per heavy atom. The predicted molar refractivity (Wildman–Crippen MR) is 176 cm³/mol. The molecule has 5 unspecified atom stereocenters. The molecule has 11 nitrogen and oxygen atoms in total. The van der Waals surface area contributed by atoms with E-state index in [1.165, 1.54) is 27.8 Å². The highest BCUT2D eigenvalue weighted by molar-refractivity contribution is 7.89. The van der Waals surface area contributed by atoms with Crippen LogP contribution in [0.2, 0.25) is 0 Å². The Hall–Kier alpha value is -2.88. The van der Waals surface area contributed by atoms with Crippen LogP contribution in [0.5, 0.6) is 0 Å². The van der Waals surface area contributed by atoms with Crippen LogP contribution in [0.25, 0.3) is 10.2 Å². The molecule has 0 radical (unpaired) electrons. The van der Waals surface area contributed by atoms with Gasteiger partial charge in [0.1, 0.15) is 11.9 Å². The number of halogens is 1. The highest BCUT2D eigenvalue weighted by Crippen LogP contribution is 2.47. The summed E-state index contributed by atoms with van der Waals surface area (Å²) < 4.78 is 62.1. The Labute approximate surface area is 283 Å². The number of aliphatic hydroxyl groups is 1. The molecule has 3 saturated carbocycles. The van der Waals surface area contributed by atoms with Gasteiger partial charge in [0.15, 0.2) is 11.4 Å². The lowest BCUT2D eigenvalue weighted by Gasteiger charge is -2.37. The van der Waals surface area contributed by atoms with Crippen molar-refractivity contribution in [3.63, 3.8) is 0 Å². The van der Waals surface area contributed by atoms with Crippen LogP contribution in [0.3, 0.4) is 0 Å². The third kappa shape index (κ3) is 6.79. The van der Waals surface area contributed by atoms with E-state index in [0.29, 0.717) is 24.1 Å². The van der Waals surface area contributed by atoms with Crippen LogP contribution < -0.4 is 10.6 Å². The van der Waals surface area contributed by atoms with Gasteiger partial charge in [-0.3, -0.25) is 0 Å². The molecule has 48 heavy (non-hydrogen) atoms. The van der Waals surface area contributed by atoms with Crippen molar-refractivity contribution in [2.75, 3.05) is 25.0 Å². The minimum atomic E-state index is -4.05. The number of benzene rings is 2. The smallest absolute Gasteiger partial charge is 0.407 e. The average molecular weight is 701 g/mol. The molecular formula is C34H41FN4O7S2. The number of sulfonamides is 1. The first kappa shape index (κ1) is 32.3. The van der Waals surface area contributed by atoms with Gasteiger partial charge in [0.25, 0.3) is 0 Å². The fraction of sp³-hybridized carbons (Fsp3) is 0.588. The largest absolute Gasteiger partial charge is 0.443 e. The van der Waals surface area contributed by atoms with Crippen molar-refractivity contribution in [1.82, 2.24) is 14.6 Å². The van der Waals surface area contributed by atoms with E-state index in [0.717, 1.165) is 53.9 Å². The number of rotatable bonds is 13. The Bertz CT molecular complexity index is 1770. The second kappa shape index (κ2) is 12.5. The van der Waals surface area contributed by atoms with Crippen LogP contribution >= 0.6 is 11.3 Å². The Balaban J connectivity index is 1.02. The summed E-state index contributed by atoms with van der Waals surface area (Å²) >= 11 is 1.42. The molecule has 1 aromatic heterocycles. The molecule has 3 aromatic rings. The number of fused-ring (bicyclic) bond motifs is 3. The van der Waals surface area contributed by atoms with Crippen LogP contribution in [0.4, 0.5) is 14.3 Å². The summed E-state index contributed by atoms with van der Waals surface area (Å²) in [5.41, 5.74) is 1.19. The van der Waals surface area contributed by atoms with E-state index < -0.39 is 40.2 Å². The maximum atomic E-state index is 14.3. The lowest BCUT2D eigenvalue weighted by molar-refractivity contribution is -0.153. The van der Waals surface area contributed by atoms with Crippen molar-refractivity contribution in [2.24, 2.45) is 17.3 Å². The molecule has 3 heterocycles. The molecule has 14 heteroatoms. The van der Waals surface area contributed by atoms with Crippen molar-refractivity contribution < 1.29 is 36.9 Å². The van der Waals surface area contributed by atoms with Gasteiger partial charge in [0, 0.05) is 31.0 Å².